The van der Waals surface area contributed by atoms with E-state index in [1.54, 1.807) is 0 Å². The highest BCUT2D eigenvalue weighted by Gasteiger charge is 2.40. The third kappa shape index (κ3) is 7.68. The Morgan fingerprint density at radius 1 is 1.13 bits per heavy atom. The van der Waals surface area contributed by atoms with E-state index in [9.17, 15) is 14.4 Å². The number of carbonyl (C=O) groups excluding carboxylic acids is 2. The molecule has 1 saturated heterocycles. The lowest BCUT2D eigenvalue weighted by atomic mass is 10.0. The Morgan fingerprint density at radius 3 is 2.57 bits per heavy atom. The van der Waals surface area contributed by atoms with E-state index in [1.807, 2.05) is 6.92 Å². The molecule has 0 amide bonds. The summed E-state index contributed by atoms with van der Waals surface area (Å²) < 4.78 is 9.93. The molecule has 1 aliphatic rings. The summed E-state index contributed by atoms with van der Waals surface area (Å²) in [6, 6.07) is 0. The maximum absolute atomic E-state index is 12.0. The number of carboxylic acid groups (broad SMARTS) is 1. The average molecular weight is 324 g/mol. The number of unbranched alkanes of at least 4 members (excludes halogenated alkanes) is 5. The van der Waals surface area contributed by atoms with Gasteiger partial charge in [-0.3, -0.25) is 9.59 Å². The monoisotopic (exact) mass is 324 g/mol. The van der Waals surface area contributed by atoms with Gasteiger partial charge in [0.1, 0.15) is 0 Å². The summed E-state index contributed by atoms with van der Waals surface area (Å²) in [7, 11) is 0. The molecular weight excluding hydrogens is 300 g/mol. The van der Waals surface area contributed by atoms with E-state index in [-0.39, 0.29) is 6.42 Å². The van der Waals surface area contributed by atoms with Gasteiger partial charge in [-0.2, -0.15) is 0 Å². The van der Waals surface area contributed by atoms with Crippen LogP contribution in [0.2, 0.25) is 0 Å². The van der Waals surface area contributed by atoms with Gasteiger partial charge in [0.05, 0.1) is 0 Å². The van der Waals surface area contributed by atoms with Crippen molar-refractivity contribution >= 4 is 17.9 Å². The molecule has 1 fully saturated rings. The van der Waals surface area contributed by atoms with Crippen LogP contribution in [-0.4, -0.2) is 35.2 Å². The molecule has 128 valence electrons. The Labute approximate surface area is 136 Å². The second-order valence-corrected chi connectivity index (χ2v) is 5.56. The molecule has 1 aliphatic heterocycles. The Balaban J connectivity index is 2.34. The van der Waals surface area contributed by atoms with E-state index in [0.717, 1.165) is 32.1 Å². The molecule has 0 aromatic heterocycles. The van der Waals surface area contributed by atoms with E-state index in [4.69, 9.17) is 14.6 Å². The highest BCUT2D eigenvalue weighted by molar-refractivity contribution is 6.00. The first kappa shape index (κ1) is 19.0. The minimum Gasteiger partial charge on any atom is -0.481 e. The van der Waals surface area contributed by atoms with Crippen molar-refractivity contribution in [3.8, 4) is 11.8 Å². The van der Waals surface area contributed by atoms with Crippen LogP contribution in [0.15, 0.2) is 0 Å². The number of ether oxygens (including phenoxy) is 2. The zero-order valence-corrected chi connectivity index (χ0v) is 13.5. The van der Waals surface area contributed by atoms with Gasteiger partial charge in [-0.05, 0) is 31.6 Å². The van der Waals surface area contributed by atoms with Crippen molar-refractivity contribution in [3.63, 3.8) is 0 Å². The second-order valence-electron chi connectivity index (χ2n) is 5.56. The molecule has 6 heteroatoms. The van der Waals surface area contributed by atoms with E-state index in [2.05, 4.69) is 11.8 Å². The summed E-state index contributed by atoms with van der Waals surface area (Å²) in [4.78, 5) is 33.6. The van der Waals surface area contributed by atoms with Gasteiger partial charge < -0.3 is 14.6 Å². The first-order valence-corrected chi connectivity index (χ1v) is 8.16. The van der Waals surface area contributed by atoms with Crippen molar-refractivity contribution in [1.82, 2.24) is 0 Å². The molecule has 1 rings (SSSR count). The topological polar surface area (TPSA) is 89.9 Å². The molecule has 0 aromatic carbocycles. The summed E-state index contributed by atoms with van der Waals surface area (Å²) in [5.41, 5.74) is 0. The number of Topliss-reactive ketones (excluding diaryl/α,β-unsaturated/α-hetero) is 1. The number of hydrogen-bond acceptors (Lipinski definition) is 5. The number of carboxylic acids is 1. The quantitative estimate of drug-likeness (QED) is 0.287. The lowest BCUT2D eigenvalue weighted by molar-refractivity contribution is -0.137. The maximum atomic E-state index is 12.0. The van der Waals surface area contributed by atoms with Crippen LogP contribution in [0.25, 0.3) is 0 Å². The molecule has 0 aromatic rings. The van der Waals surface area contributed by atoms with Crippen LogP contribution in [0.1, 0.15) is 64.7 Å². The Hall–Kier alpha value is -2.03. The third-order valence-electron chi connectivity index (χ3n) is 3.56. The zero-order chi connectivity index (χ0) is 17.1. The highest BCUT2D eigenvalue weighted by atomic mass is 16.8. The summed E-state index contributed by atoms with van der Waals surface area (Å²) in [6.45, 7) is 2.04. The predicted octanol–water partition coefficient (Wildman–Crippen LogP) is 3.08. The molecule has 2 atom stereocenters. The lowest BCUT2D eigenvalue weighted by Crippen LogP contribution is -2.30. The minimum absolute atomic E-state index is 0.163. The molecule has 1 heterocycles. The van der Waals surface area contributed by atoms with E-state index < -0.39 is 30.1 Å². The molecule has 0 saturated carbocycles. The normalized spacial score (nSPS) is 19.4. The van der Waals surface area contributed by atoms with Gasteiger partial charge in [0.2, 0.25) is 11.9 Å². The van der Waals surface area contributed by atoms with Gasteiger partial charge in [-0.15, -0.1) is 0 Å². The Bertz CT molecular complexity index is 473. The van der Waals surface area contributed by atoms with Crippen LogP contribution < -0.4 is 0 Å². The number of aliphatic carboxylic acids is 1. The number of rotatable bonds is 10. The van der Waals surface area contributed by atoms with Gasteiger partial charge in [-0.25, -0.2) is 4.79 Å². The largest absolute Gasteiger partial charge is 0.509 e. The lowest BCUT2D eigenvalue weighted by Gasteiger charge is -2.11. The van der Waals surface area contributed by atoms with Crippen molar-refractivity contribution in [2.45, 2.75) is 76.9 Å². The second kappa shape index (κ2) is 10.7. The summed E-state index contributed by atoms with van der Waals surface area (Å²) in [6.07, 6.45) is 3.92. The molecule has 0 unspecified atom stereocenters. The van der Waals surface area contributed by atoms with Crippen LogP contribution in [0, 0.1) is 11.8 Å². The SMILES string of the molecule is CCCCC#CC(=O)[C@H]1OC(=O)O[C@H]1CCCCCCC(=O)O. The van der Waals surface area contributed by atoms with Crippen molar-refractivity contribution in [1.29, 1.82) is 0 Å². The van der Waals surface area contributed by atoms with Crippen LogP contribution in [-0.2, 0) is 19.1 Å². The summed E-state index contributed by atoms with van der Waals surface area (Å²) >= 11 is 0. The van der Waals surface area contributed by atoms with Crippen molar-refractivity contribution < 1.29 is 29.0 Å². The Morgan fingerprint density at radius 2 is 1.87 bits per heavy atom. The number of cyclic esters (lactones) is 2. The highest BCUT2D eigenvalue weighted by Crippen LogP contribution is 2.21. The molecule has 6 nitrogen and oxygen atoms in total. The fourth-order valence-electron chi connectivity index (χ4n) is 2.29. The van der Waals surface area contributed by atoms with Gasteiger partial charge in [0.15, 0.2) is 6.10 Å². The van der Waals surface area contributed by atoms with Gasteiger partial charge in [-0.1, -0.05) is 32.1 Å². The third-order valence-corrected chi connectivity index (χ3v) is 3.56. The first-order valence-electron chi connectivity index (χ1n) is 8.16. The fraction of sp³-hybridized carbons (Fsp3) is 0.706. The van der Waals surface area contributed by atoms with E-state index in [0.29, 0.717) is 19.3 Å². The first-order chi connectivity index (χ1) is 11.0. The van der Waals surface area contributed by atoms with Gasteiger partial charge in [0.25, 0.3) is 0 Å². The molecule has 1 N–H and O–H groups in total. The number of carbonyl (C=O) groups is 3. The predicted molar refractivity (Wildman–Crippen MR) is 82.8 cm³/mol. The minimum atomic E-state index is -0.935. The molecule has 0 radical (unpaired) electrons. The van der Waals surface area contributed by atoms with Gasteiger partial charge in [0, 0.05) is 12.8 Å². The van der Waals surface area contributed by atoms with Gasteiger partial charge >= 0.3 is 12.1 Å². The summed E-state index contributed by atoms with van der Waals surface area (Å²) in [5.74, 6) is 4.10. The number of hydrogen-bond donors (Lipinski definition) is 1. The molecule has 0 bridgehead atoms. The molecule has 0 spiro atoms. The maximum Gasteiger partial charge on any atom is 0.509 e. The number of ketones is 1. The smallest absolute Gasteiger partial charge is 0.481 e. The van der Waals surface area contributed by atoms with Crippen molar-refractivity contribution in [2.75, 3.05) is 0 Å². The molecule has 23 heavy (non-hydrogen) atoms. The van der Waals surface area contributed by atoms with Crippen molar-refractivity contribution in [3.05, 3.63) is 0 Å². The van der Waals surface area contributed by atoms with Crippen LogP contribution in [0.5, 0.6) is 0 Å². The summed E-state index contributed by atoms with van der Waals surface area (Å²) in [5, 5.41) is 8.55. The van der Waals surface area contributed by atoms with E-state index in [1.165, 1.54) is 0 Å². The Kier molecular flexibility index (Phi) is 8.81. The van der Waals surface area contributed by atoms with E-state index >= 15 is 0 Å². The van der Waals surface area contributed by atoms with Crippen LogP contribution >= 0.6 is 0 Å². The standard InChI is InChI=1S/C17H24O6/c1-2-3-4-7-10-13(18)16-14(22-17(21)23-16)11-8-5-6-9-12-15(19)20/h14,16H,2-6,8-9,11-12H2,1H3,(H,19,20)/t14-,16+/m0/s1. The average Bonchev–Trinajstić information content (AvgIpc) is 2.87. The zero-order valence-electron chi connectivity index (χ0n) is 13.5. The van der Waals surface area contributed by atoms with Crippen LogP contribution in [0.4, 0.5) is 4.79 Å². The fourth-order valence-corrected chi connectivity index (χ4v) is 2.29. The van der Waals surface area contributed by atoms with Crippen LogP contribution in [0.3, 0.4) is 0 Å². The molecular formula is C17H24O6. The van der Waals surface area contributed by atoms with Crippen molar-refractivity contribution in [2.24, 2.45) is 0 Å². The molecule has 0 aliphatic carbocycles.